The Balaban J connectivity index is 1.11. The number of hydrogen-bond acceptors (Lipinski definition) is 1. The van der Waals surface area contributed by atoms with Crippen molar-refractivity contribution in [2.24, 2.45) is 0 Å². The van der Waals surface area contributed by atoms with Crippen molar-refractivity contribution in [1.82, 2.24) is 0 Å². The molecule has 0 heterocycles. The van der Waals surface area contributed by atoms with E-state index in [2.05, 4.69) is 298 Å². The third kappa shape index (κ3) is 6.83. The van der Waals surface area contributed by atoms with Crippen molar-refractivity contribution in [3.8, 4) is 44.5 Å². The van der Waals surface area contributed by atoms with Gasteiger partial charge in [-0.1, -0.05) is 256 Å². The Morgan fingerprint density at radius 2 is 0.787 bits per heavy atom. The van der Waals surface area contributed by atoms with Gasteiger partial charge in [-0.2, -0.15) is 0 Å². The first kappa shape index (κ1) is 46.8. The molecule has 3 aliphatic rings. The van der Waals surface area contributed by atoms with Gasteiger partial charge in [0.05, 0.1) is 11.1 Å². The second kappa shape index (κ2) is 16.8. The van der Waals surface area contributed by atoms with Gasteiger partial charge in [0.2, 0.25) is 0 Å². The first-order valence-electron chi connectivity index (χ1n) is 27.0. The third-order valence-corrected chi connectivity index (χ3v) is 17.5. The Morgan fingerprint density at radius 1 is 0.320 bits per heavy atom. The second-order valence-electron chi connectivity index (χ2n) is 24.2. The maximum absolute atomic E-state index is 2.59. The van der Waals surface area contributed by atoms with E-state index in [4.69, 9.17) is 0 Å². The maximum Gasteiger partial charge on any atom is 0.0714 e. The minimum absolute atomic E-state index is 0.000525. The van der Waals surface area contributed by atoms with Crippen LogP contribution in [-0.2, 0) is 27.1 Å². The van der Waals surface area contributed by atoms with Crippen molar-refractivity contribution in [3.05, 3.63) is 292 Å². The molecule has 13 rings (SSSR count). The molecule has 3 aliphatic carbocycles. The van der Waals surface area contributed by atoms with Crippen LogP contribution in [-0.4, -0.2) is 0 Å². The minimum Gasteiger partial charge on any atom is -0.310 e. The SMILES string of the molecule is CC(C)(C)c1cc(C(C)(C)C)c2c(c1)C(C)(C)c1cccc(-c3ccccc3N(c3ccc4c(c3)C(C)(c3ccccc3)c3ccccc3-4)c3ccc4c(c3)C(c3ccccc3)(c3ccccc3)c3ccccc3-4)c1-2. The van der Waals surface area contributed by atoms with Gasteiger partial charge in [-0.25, -0.2) is 0 Å². The summed E-state index contributed by atoms with van der Waals surface area (Å²) in [5.74, 6) is 0. The minimum atomic E-state index is -0.564. The van der Waals surface area contributed by atoms with Crippen LogP contribution in [0, 0.1) is 0 Å². The van der Waals surface area contributed by atoms with E-state index < -0.39 is 5.41 Å². The van der Waals surface area contributed by atoms with Crippen molar-refractivity contribution in [3.63, 3.8) is 0 Å². The Hall–Kier alpha value is -8.00. The molecule has 1 nitrogen and oxygen atoms in total. The Kier molecular flexibility index (Phi) is 10.4. The summed E-state index contributed by atoms with van der Waals surface area (Å²) >= 11 is 0. The summed E-state index contributed by atoms with van der Waals surface area (Å²) in [6.45, 7) is 21.6. The highest BCUT2D eigenvalue weighted by Crippen LogP contribution is 2.61. The highest BCUT2D eigenvalue weighted by molar-refractivity contribution is 6.00. The van der Waals surface area contributed by atoms with E-state index in [1.807, 2.05) is 0 Å². The largest absolute Gasteiger partial charge is 0.310 e. The Labute approximate surface area is 445 Å². The molecule has 0 spiro atoms. The molecule has 1 unspecified atom stereocenters. The number of fused-ring (bicyclic) bond motifs is 9. The summed E-state index contributed by atoms with van der Waals surface area (Å²) in [6.07, 6.45) is 0. The number of nitrogens with zero attached hydrogens (tertiary/aromatic N) is 1. The lowest BCUT2D eigenvalue weighted by atomic mass is 9.67. The van der Waals surface area contributed by atoms with Crippen LogP contribution in [0.1, 0.15) is 124 Å². The standard InChI is InChI=1S/C74H65N/c1-70(2,3)51-44-65(71(4,5)6)69-66(45-51)72(7,8)62-38-25-35-59(68(62)69)58-34-21-24-39-67(58)75(52-40-42-56-54-32-19-22-36-60(54)73(9,63(56)46-52)48-26-13-10-14-27-48)53-41-43-57-55-33-20-23-37-61(55)74(64(57)47-53,49-28-15-11-16-29-49)50-30-17-12-18-31-50/h10-47H,1-9H3. The quantitative estimate of drug-likeness (QED) is 0.154. The summed E-state index contributed by atoms with van der Waals surface area (Å²) in [5, 5.41) is 0. The highest BCUT2D eigenvalue weighted by atomic mass is 15.1. The first-order valence-corrected chi connectivity index (χ1v) is 27.0. The van der Waals surface area contributed by atoms with Crippen molar-refractivity contribution < 1.29 is 0 Å². The van der Waals surface area contributed by atoms with Crippen LogP contribution in [0.3, 0.4) is 0 Å². The van der Waals surface area contributed by atoms with E-state index in [0.717, 1.165) is 17.1 Å². The van der Waals surface area contributed by atoms with Crippen molar-refractivity contribution >= 4 is 17.1 Å². The van der Waals surface area contributed by atoms with E-state index in [9.17, 15) is 0 Å². The number of rotatable bonds is 7. The van der Waals surface area contributed by atoms with Crippen molar-refractivity contribution in [2.45, 2.75) is 89.4 Å². The lowest BCUT2D eigenvalue weighted by molar-refractivity contribution is 0.564. The zero-order chi connectivity index (χ0) is 51.6. The van der Waals surface area contributed by atoms with Gasteiger partial charge in [-0.3, -0.25) is 0 Å². The maximum atomic E-state index is 2.59. The molecule has 10 aromatic carbocycles. The first-order chi connectivity index (χ1) is 36.1. The molecule has 1 atom stereocenters. The van der Waals surface area contributed by atoms with E-state index in [1.54, 1.807) is 0 Å². The van der Waals surface area contributed by atoms with Crippen LogP contribution in [0.5, 0.6) is 0 Å². The predicted octanol–water partition coefficient (Wildman–Crippen LogP) is 19.4. The Bertz CT molecular complexity index is 3840. The molecule has 0 aliphatic heterocycles. The molecule has 10 aromatic rings. The van der Waals surface area contributed by atoms with E-state index in [0.29, 0.717) is 0 Å². The molecule has 0 amide bonds. The summed E-state index contributed by atoms with van der Waals surface area (Å²) in [6, 6.07) is 87.7. The van der Waals surface area contributed by atoms with Crippen LogP contribution in [0.2, 0.25) is 0 Å². The zero-order valence-electron chi connectivity index (χ0n) is 44.9. The molecule has 0 fully saturated rings. The van der Waals surface area contributed by atoms with E-state index in [-0.39, 0.29) is 21.7 Å². The lowest BCUT2D eigenvalue weighted by Crippen LogP contribution is -2.28. The third-order valence-electron chi connectivity index (χ3n) is 17.5. The molecule has 75 heavy (non-hydrogen) atoms. The second-order valence-corrected chi connectivity index (χ2v) is 24.2. The summed E-state index contributed by atoms with van der Waals surface area (Å²) < 4.78 is 0. The van der Waals surface area contributed by atoms with Crippen molar-refractivity contribution in [1.29, 1.82) is 0 Å². The molecule has 0 radical (unpaired) electrons. The average molecular weight is 968 g/mol. The van der Waals surface area contributed by atoms with Crippen LogP contribution in [0.25, 0.3) is 44.5 Å². The smallest absolute Gasteiger partial charge is 0.0714 e. The van der Waals surface area contributed by atoms with E-state index in [1.165, 1.54) is 106 Å². The number of anilines is 3. The van der Waals surface area contributed by atoms with Gasteiger partial charge in [-0.15, -0.1) is 0 Å². The highest BCUT2D eigenvalue weighted by Gasteiger charge is 2.47. The molecule has 0 saturated carbocycles. The van der Waals surface area contributed by atoms with Gasteiger partial charge in [-0.05, 0) is 148 Å². The number of benzene rings is 10. The molecule has 0 aromatic heterocycles. The van der Waals surface area contributed by atoms with Gasteiger partial charge in [0.1, 0.15) is 0 Å². The molecule has 1 heteroatoms. The summed E-state index contributed by atoms with van der Waals surface area (Å²) in [4.78, 5) is 2.59. The summed E-state index contributed by atoms with van der Waals surface area (Å²) in [5.41, 5.74) is 27.1. The molecule has 366 valence electrons. The van der Waals surface area contributed by atoms with Crippen molar-refractivity contribution in [2.75, 3.05) is 4.90 Å². The van der Waals surface area contributed by atoms with Gasteiger partial charge in [0.15, 0.2) is 0 Å². The lowest BCUT2D eigenvalue weighted by Gasteiger charge is -2.35. The Morgan fingerprint density at radius 3 is 1.39 bits per heavy atom. The van der Waals surface area contributed by atoms with Gasteiger partial charge < -0.3 is 4.90 Å². The fourth-order valence-electron chi connectivity index (χ4n) is 13.7. The molecule has 0 N–H and O–H groups in total. The van der Waals surface area contributed by atoms with Crippen LogP contribution in [0.4, 0.5) is 17.1 Å². The van der Waals surface area contributed by atoms with Gasteiger partial charge in [0.25, 0.3) is 0 Å². The fraction of sp³-hybridized carbons (Fsp3) is 0.189. The van der Waals surface area contributed by atoms with Crippen LogP contribution >= 0.6 is 0 Å². The van der Waals surface area contributed by atoms with Gasteiger partial charge >= 0.3 is 0 Å². The molecule has 0 bridgehead atoms. The number of para-hydroxylation sites is 1. The number of hydrogen-bond donors (Lipinski definition) is 0. The topological polar surface area (TPSA) is 3.24 Å². The normalized spacial score (nSPS) is 16.3. The zero-order valence-corrected chi connectivity index (χ0v) is 44.9. The predicted molar refractivity (Wildman–Crippen MR) is 316 cm³/mol. The van der Waals surface area contributed by atoms with Crippen LogP contribution in [0.15, 0.2) is 231 Å². The van der Waals surface area contributed by atoms with Gasteiger partial charge in [0, 0.05) is 27.8 Å². The summed E-state index contributed by atoms with van der Waals surface area (Å²) in [7, 11) is 0. The molecular weight excluding hydrogens is 903 g/mol. The van der Waals surface area contributed by atoms with E-state index >= 15 is 0 Å². The van der Waals surface area contributed by atoms with Crippen LogP contribution < -0.4 is 4.90 Å². The molecule has 0 saturated heterocycles. The average Bonchev–Trinajstić information content (AvgIpc) is 3.97. The monoisotopic (exact) mass is 968 g/mol. The fourth-order valence-corrected chi connectivity index (χ4v) is 13.7. The molecular formula is C74H65N.